The van der Waals surface area contributed by atoms with E-state index in [0.717, 1.165) is 17.1 Å². The molecule has 1 unspecified atom stereocenters. The van der Waals surface area contributed by atoms with Crippen molar-refractivity contribution < 1.29 is 13.2 Å². The van der Waals surface area contributed by atoms with Gasteiger partial charge in [0, 0.05) is 11.8 Å². The van der Waals surface area contributed by atoms with Crippen LogP contribution in [-0.4, -0.2) is 25.8 Å². The molecular weight excluding hydrogens is 355 g/mol. The SMILES string of the molecule is Cc1cc(NC(c2ccc(CC(F)(F)F)cc2)C(C)(C)C)n2ncnc2n1. The van der Waals surface area contributed by atoms with E-state index in [-0.39, 0.29) is 17.0 Å². The molecule has 0 aliphatic heterocycles. The Morgan fingerprint density at radius 1 is 1.11 bits per heavy atom. The molecule has 0 spiro atoms. The lowest BCUT2D eigenvalue weighted by atomic mass is 9.82. The molecule has 0 saturated carbocycles. The van der Waals surface area contributed by atoms with E-state index >= 15 is 0 Å². The number of rotatable bonds is 4. The van der Waals surface area contributed by atoms with Gasteiger partial charge in [-0.15, -0.1) is 0 Å². The third kappa shape index (κ3) is 4.56. The monoisotopic (exact) mass is 377 g/mol. The van der Waals surface area contributed by atoms with Crippen molar-refractivity contribution in [3.63, 3.8) is 0 Å². The Hall–Kier alpha value is -2.64. The van der Waals surface area contributed by atoms with Gasteiger partial charge < -0.3 is 5.32 Å². The Bertz CT molecular complexity index is 923. The Morgan fingerprint density at radius 3 is 2.37 bits per heavy atom. The molecule has 0 fully saturated rings. The molecule has 2 heterocycles. The summed E-state index contributed by atoms with van der Waals surface area (Å²) in [5, 5.41) is 7.67. The number of fused-ring (bicyclic) bond motifs is 1. The van der Waals surface area contributed by atoms with Crippen LogP contribution in [0.1, 0.15) is 43.6 Å². The van der Waals surface area contributed by atoms with Gasteiger partial charge in [0.05, 0.1) is 12.5 Å². The van der Waals surface area contributed by atoms with Crippen LogP contribution in [-0.2, 0) is 6.42 Å². The zero-order valence-corrected chi connectivity index (χ0v) is 15.7. The number of halogens is 3. The number of aromatic nitrogens is 4. The maximum atomic E-state index is 12.6. The Morgan fingerprint density at radius 2 is 1.78 bits per heavy atom. The molecule has 1 atom stereocenters. The topological polar surface area (TPSA) is 55.1 Å². The lowest BCUT2D eigenvalue weighted by Gasteiger charge is -2.33. The van der Waals surface area contributed by atoms with Crippen molar-refractivity contribution in [3.8, 4) is 0 Å². The fourth-order valence-electron chi connectivity index (χ4n) is 3.04. The molecule has 3 aromatic rings. The smallest absolute Gasteiger partial charge is 0.363 e. The summed E-state index contributed by atoms with van der Waals surface area (Å²) < 4.78 is 39.4. The predicted molar refractivity (Wildman–Crippen MR) is 97.5 cm³/mol. The van der Waals surface area contributed by atoms with Gasteiger partial charge in [-0.05, 0) is 23.5 Å². The summed E-state index contributed by atoms with van der Waals surface area (Å²) in [6, 6.07) is 8.29. The second-order valence-electron chi connectivity index (χ2n) is 7.73. The number of aryl methyl sites for hydroxylation is 1. The lowest BCUT2D eigenvalue weighted by Crippen LogP contribution is -2.27. The third-order valence-electron chi connectivity index (χ3n) is 4.26. The van der Waals surface area contributed by atoms with Gasteiger partial charge in [-0.25, -0.2) is 4.98 Å². The highest BCUT2D eigenvalue weighted by atomic mass is 19.4. The van der Waals surface area contributed by atoms with Crippen LogP contribution in [0.2, 0.25) is 0 Å². The van der Waals surface area contributed by atoms with Crippen molar-refractivity contribution in [2.75, 3.05) is 5.32 Å². The second kappa shape index (κ2) is 6.83. The first-order chi connectivity index (χ1) is 12.5. The molecule has 0 saturated heterocycles. The van der Waals surface area contributed by atoms with E-state index in [0.29, 0.717) is 5.78 Å². The van der Waals surface area contributed by atoms with Crippen molar-refractivity contribution in [3.05, 3.63) is 53.5 Å². The minimum Gasteiger partial charge on any atom is -0.363 e. The van der Waals surface area contributed by atoms with E-state index in [4.69, 9.17) is 0 Å². The van der Waals surface area contributed by atoms with E-state index in [1.807, 2.05) is 13.0 Å². The molecule has 1 N–H and O–H groups in total. The summed E-state index contributed by atoms with van der Waals surface area (Å²) in [5.74, 6) is 1.22. The van der Waals surface area contributed by atoms with E-state index in [9.17, 15) is 13.2 Å². The minimum atomic E-state index is -4.21. The summed E-state index contributed by atoms with van der Waals surface area (Å²) in [6.07, 6.45) is -3.70. The van der Waals surface area contributed by atoms with E-state index in [1.165, 1.54) is 18.5 Å². The molecule has 8 heteroatoms. The molecule has 0 radical (unpaired) electrons. The van der Waals surface area contributed by atoms with Crippen molar-refractivity contribution in [2.24, 2.45) is 5.41 Å². The van der Waals surface area contributed by atoms with Crippen molar-refractivity contribution >= 4 is 11.6 Å². The molecule has 2 aromatic heterocycles. The molecular formula is C19H22F3N5. The highest BCUT2D eigenvalue weighted by Gasteiger charge is 2.29. The average Bonchev–Trinajstić information content (AvgIpc) is 2.99. The number of nitrogens with zero attached hydrogens (tertiary/aromatic N) is 4. The number of benzene rings is 1. The number of hydrogen-bond donors (Lipinski definition) is 1. The first kappa shape index (κ1) is 19.1. The zero-order valence-electron chi connectivity index (χ0n) is 15.7. The molecule has 3 rings (SSSR count). The van der Waals surface area contributed by atoms with Gasteiger partial charge in [0.2, 0.25) is 0 Å². The van der Waals surface area contributed by atoms with Crippen LogP contribution in [0.4, 0.5) is 19.0 Å². The number of anilines is 1. The number of nitrogens with one attached hydrogen (secondary N) is 1. The quantitative estimate of drug-likeness (QED) is 0.714. The van der Waals surface area contributed by atoms with Gasteiger partial charge in [-0.3, -0.25) is 0 Å². The summed E-state index contributed by atoms with van der Waals surface area (Å²) in [6.45, 7) is 8.08. The first-order valence-corrected chi connectivity index (χ1v) is 8.62. The van der Waals surface area contributed by atoms with Crippen molar-refractivity contribution in [1.82, 2.24) is 19.6 Å². The molecule has 27 heavy (non-hydrogen) atoms. The normalized spacial score (nSPS) is 13.7. The molecule has 144 valence electrons. The summed E-state index contributed by atoms with van der Waals surface area (Å²) in [7, 11) is 0. The maximum Gasteiger partial charge on any atom is 0.393 e. The van der Waals surface area contributed by atoms with E-state index in [1.54, 1.807) is 16.6 Å². The zero-order chi connectivity index (χ0) is 19.8. The number of hydrogen-bond acceptors (Lipinski definition) is 4. The number of alkyl halides is 3. The van der Waals surface area contributed by atoms with Crippen LogP contribution in [0.3, 0.4) is 0 Å². The predicted octanol–water partition coefficient (Wildman–Crippen LogP) is 4.74. The van der Waals surface area contributed by atoms with E-state index in [2.05, 4.69) is 41.2 Å². The molecule has 0 aliphatic carbocycles. The summed E-state index contributed by atoms with van der Waals surface area (Å²) in [5.41, 5.74) is 1.75. The van der Waals surface area contributed by atoms with Gasteiger partial charge in [0.1, 0.15) is 12.1 Å². The molecule has 5 nitrogen and oxygen atoms in total. The standard InChI is InChI=1S/C19H22F3N5/c1-12-9-15(27-17(25-12)23-11-24-27)26-16(18(2,3)4)14-7-5-13(6-8-14)10-19(20,21)22/h5-9,11,16,26H,10H2,1-4H3. The molecule has 0 bridgehead atoms. The fourth-order valence-corrected chi connectivity index (χ4v) is 3.04. The van der Waals surface area contributed by atoms with Crippen LogP contribution < -0.4 is 5.32 Å². The van der Waals surface area contributed by atoms with Crippen LogP contribution in [0.15, 0.2) is 36.7 Å². The van der Waals surface area contributed by atoms with Crippen LogP contribution in [0.25, 0.3) is 5.78 Å². The van der Waals surface area contributed by atoms with Gasteiger partial charge in [-0.1, -0.05) is 45.0 Å². The van der Waals surface area contributed by atoms with Crippen LogP contribution >= 0.6 is 0 Å². The van der Waals surface area contributed by atoms with Crippen LogP contribution in [0, 0.1) is 12.3 Å². The highest BCUT2D eigenvalue weighted by molar-refractivity contribution is 5.47. The molecule has 0 amide bonds. The Labute approximate surface area is 155 Å². The first-order valence-electron chi connectivity index (χ1n) is 8.62. The largest absolute Gasteiger partial charge is 0.393 e. The van der Waals surface area contributed by atoms with Crippen molar-refractivity contribution in [2.45, 2.75) is 46.3 Å². The van der Waals surface area contributed by atoms with Gasteiger partial charge in [0.25, 0.3) is 5.78 Å². The Kier molecular flexibility index (Phi) is 4.84. The van der Waals surface area contributed by atoms with Gasteiger partial charge in [-0.2, -0.15) is 27.8 Å². The van der Waals surface area contributed by atoms with Gasteiger partial charge in [0.15, 0.2) is 0 Å². The Balaban J connectivity index is 1.94. The minimum absolute atomic E-state index is 0.147. The van der Waals surface area contributed by atoms with Gasteiger partial charge >= 0.3 is 6.18 Å². The lowest BCUT2D eigenvalue weighted by molar-refractivity contribution is -0.127. The van der Waals surface area contributed by atoms with Crippen molar-refractivity contribution in [1.29, 1.82) is 0 Å². The molecule has 1 aromatic carbocycles. The summed E-state index contributed by atoms with van der Waals surface area (Å²) in [4.78, 5) is 8.45. The van der Waals surface area contributed by atoms with E-state index < -0.39 is 12.6 Å². The van der Waals surface area contributed by atoms with Crippen LogP contribution in [0.5, 0.6) is 0 Å². The molecule has 0 aliphatic rings. The fraction of sp³-hybridized carbons (Fsp3) is 0.421. The highest BCUT2D eigenvalue weighted by Crippen LogP contribution is 2.36. The third-order valence-corrected chi connectivity index (χ3v) is 4.26. The second-order valence-corrected chi connectivity index (χ2v) is 7.73. The maximum absolute atomic E-state index is 12.6. The average molecular weight is 377 g/mol. The summed E-state index contributed by atoms with van der Waals surface area (Å²) >= 11 is 0.